The summed E-state index contributed by atoms with van der Waals surface area (Å²) in [6.45, 7) is 0. The molecule has 4 rings (SSSR count). The number of hydrogen-bond acceptors (Lipinski definition) is 5. The molecule has 0 spiro atoms. The summed E-state index contributed by atoms with van der Waals surface area (Å²) in [7, 11) is 0. The number of anilines is 1. The fourth-order valence-corrected chi connectivity index (χ4v) is 3.69. The summed E-state index contributed by atoms with van der Waals surface area (Å²) in [5.41, 5.74) is 1.15. The Morgan fingerprint density at radius 2 is 1.53 bits per heavy atom. The fraction of sp³-hybridized carbons (Fsp3) is 0.0769. The van der Waals surface area contributed by atoms with Gasteiger partial charge in [-0.3, -0.25) is 9.59 Å². The maximum absolute atomic E-state index is 13.0. The third-order valence-electron chi connectivity index (χ3n) is 5.31. The molecule has 4 aromatic rings. The van der Waals surface area contributed by atoms with Crippen molar-refractivity contribution >= 4 is 17.6 Å². The number of carboxylic acid groups (broad SMARTS) is 1. The molecule has 0 saturated heterocycles. The highest BCUT2D eigenvalue weighted by atomic mass is 16.4. The molecule has 1 amide bonds. The van der Waals surface area contributed by atoms with Gasteiger partial charge >= 0.3 is 5.97 Å². The molecule has 0 saturated carbocycles. The average molecular weight is 455 g/mol. The van der Waals surface area contributed by atoms with Crippen molar-refractivity contribution in [2.45, 2.75) is 12.3 Å². The highest BCUT2D eigenvalue weighted by Crippen LogP contribution is 2.29. The topological polar surface area (TPSA) is 132 Å². The molecule has 0 unspecified atom stereocenters. The van der Waals surface area contributed by atoms with Gasteiger partial charge in [0.1, 0.15) is 5.82 Å². The molecular weight excluding hydrogens is 434 g/mol. The van der Waals surface area contributed by atoms with Crippen LogP contribution in [0.25, 0.3) is 11.4 Å². The molecule has 0 atom stereocenters. The number of rotatable bonds is 7. The van der Waals surface area contributed by atoms with Crippen molar-refractivity contribution in [2.75, 3.05) is 5.32 Å². The number of aromatic hydroxyl groups is 1. The van der Waals surface area contributed by atoms with Gasteiger partial charge in [0.15, 0.2) is 5.69 Å². The minimum atomic E-state index is -1.53. The maximum Gasteiger partial charge on any atom is 0.358 e. The van der Waals surface area contributed by atoms with E-state index in [9.17, 15) is 24.6 Å². The standard InChI is InChI=1S/C26H21N3O5/c30-21(15-20(16-8-3-1-4-9-16)17-10-5-2-6-11-17)27-19-13-7-12-18(14-19)24-28-22(26(33)34)23(31)25(32)29-24/h1-14,20,31H,15H2,(H,27,30)(H,33,34)(H,28,29,32). The van der Waals surface area contributed by atoms with E-state index in [2.05, 4.69) is 15.3 Å². The third-order valence-corrected chi connectivity index (χ3v) is 5.31. The molecule has 8 heteroatoms. The number of amides is 1. The predicted octanol–water partition coefficient (Wildman–Crippen LogP) is 4.00. The predicted molar refractivity (Wildman–Crippen MR) is 127 cm³/mol. The Bertz CT molecular complexity index is 1350. The number of nitrogens with one attached hydrogen (secondary N) is 2. The molecule has 1 aromatic heterocycles. The number of carboxylic acids is 1. The van der Waals surface area contributed by atoms with Crippen LogP contribution in [0.1, 0.15) is 34.0 Å². The molecule has 0 aliphatic carbocycles. The van der Waals surface area contributed by atoms with Crippen LogP contribution in [0.4, 0.5) is 5.69 Å². The van der Waals surface area contributed by atoms with Crippen LogP contribution in [0.2, 0.25) is 0 Å². The zero-order valence-corrected chi connectivity index (χ0v) is 17.9. The van der Waals surface area contributed by atoms with Crippen molar-refractivity contribution in [3.8, 4) is 17.1 Å². The maximum atomic E-state index is 13.0. The number of carbonyl (C=O) groups excluding carboxylic acids is 1. The fourth-order valence-electron chi connectivity index (χ4n) is 3.69. The van der Waals surface area contributed by atoms with Gasteiger partial charge in [0.05, 0.1) is 0 Å². The van der Waals surface area contributed by atoms with Gasteiger partial charge in [-0.1, -0.05) is 72.8 Å². The van der Waals surface area contributed by atoms with Crippen LogP contribution in [0.5, 0.6) is 5.75 Å². The normalized spacial score (nSPS) is 10.7. The number of hydrogen-bond donors (Lipinski definition) is 4. The molecule has 0 aliphatic heterocycles. The van der Waals surface area contributed by atoms with Gasteiger partial charge < -0.3 is 20.5 Å². The summed E-state index contributed by atoms with van der Waals surface area (Å²) in [5.74, 6) is -2.88. The van der Waals surface area contributed by atoms with E-state index in [-0.39, 0.29) is 24.1 Å². The SMILES string of the molecule is O=C(CC(c1ccccc1)c1ccccc1)Nc1cccc(-c2nc(C(=O)O)c(O)c(=O)[nH]2)c1. The Balaban J connectivity index is 1.58. The first-order valence-electron chi connectivity index (χ1n) is 10.5. The number of aromatic nitrogens is 2. The first-order chi connectivity index (χ1) is 16.4. The van der Waals surface area contributed by atoms with Crippen molar-refractivity contribution in [2.24, 2.45) is 0 Å². The van der Waals surface area contributed by atoms with E-state index in [1.807, 2.05) is 60.7 Å². The van der Waals surface area contributed by atoms with E-state index < -0.39 is 23.0 Å². The van der Waals surface area contributed by atoms with E-state index in [4.69, 9.17) is 0 Å². The number of H-pyrrole nitrogens is 1. The summed E-state index contributed by atoms with van der Waals surface area (Å²) in [4.78, 5) is 42.3. The van der Waals surface area contributed by atoms with E-state index in [1.54, 1.807) is 24.3 Å². The zero-order valence-electron chi connectivity index (χ0n) is 17.9. The summed E-state index contributed by atoms with van der Waals surface area (Å²) in [6.07, 6.45) is 0.204. The Hall–Kier alpha value is -4.72. The summed E-state index contributed by atoms with van der Waals surface area (Å²) < 4.78 is 0. The van der Waals surface area contributed by atoms with Crippen LogP contribution in [0, 0.1) is 0 Å². The van der Waals surface area contributed by atoms with E-state index in [0.29, 0.717) is 11.3 Å². The lowest BCUT2D eigenvalue weighted by molar-refractivity contribution is -0.116. The molecule has 8 nitrogen and oxygen atoms in total. The Morgan fingerprint density at radius 1 is 0.912 bits per heavy atom. The lowest BCUT2D eigenvalue weighted by atomic mass is 9.88. The minimum Gasteiger partial charge on any atom is -0.501 e. The van der Waals surface area contributed by atoms with Crippen molar-refractivity contribution in [1.82, 2.24) is 9.97 Å². The van der Waals surface area contributed by atoms with Crippen LogP contribution in [-0.2, 0) is 4.79 Å². The molecule has 170 valence electrons. The van der Waals surface area contributed by atoms with Gasteiger partial charge in [-0.2, -0.15) is 0 Å². The van der Waals surface area contributed by atoms with E-state index in [0.717, 1.165) is 11.1 Å². The zero-order chi connectivity index (χ0) is 24.1. The van der Waals surface area contributed by atoms with Gasteiger partial charge in [0.2, 0.25) is 11.7 Å². The van der Waals surface area contributed by atoms with E-state index >= 15 is 0 Å². The van der Waals surface area contributed by atoms with Crippen molar-refractivity contribution in [3.05, 3.63) is 112 Å². The lowest BCUT2D eigenvalue weighted by Gasteiger charge is -2.18. The number of aromatic amines is 1. The molecule has 0 fully saturated rings. The second-order valence-electron chi connectivity index (χ2n) is 7.62. The Morgan fingerprint density at radius 3 is 2.12 bits per heavy atom. The number of nitrogens with zero attached hydrogens (tertiary/aromatic N) is 1. The lowest BCUT2D eigenvalue weighted by Crippen LogP contribution is -2.17. The quantitative estimate of drug-likeness (QED) is 0.333. The van der Waals surface area contributed by atoms with Crippen LogP contribution in [0.15, 0.2) is 89.7 Å². The third kappa shape index (κ3) is 5.02. The molecular formula is C26H21N3O5. The molecule has 0 aliphatic rings. The van der Waals surface area contributed by atoms with Crippen LogP contribution < -0.4 is 10.9 Å². The highest BCUT2D eigenvalue weighted by Gasteiger charge is 2.20. The van der Waals surface area contributed by atoms with Crippen molar-refractivity contribution in [3.63, 3.8) is 0 Å². The first kappa shape index (κ1) is 22.5. The van der Waals surface area contributed by atoms with Crippen LogP contribution in [-0.4, -0.2) is 32.1 Å². The first-order valence-corrected chi connectivity index (χ1v) is 10.5. The van der Waals surface area contributed by atoms with Gasteiger partial charge in [-0.15, -0.1) is 0 Å². The van der Waals surface area contributed by atoms with Crippen molar-refractivity contribution < 1.29 is 19.8 Å². The summed E-state index contributed by atoms with van der Waals surface area (Å²) in [6, 6.07) is 26.0. The number of benzene rings is 3. The minimum absolute atomic E-state index is 0.0391. The number of aromatic carboxylic acids is 1. The molecule has 0 bridgehead atoms. The monoisotopic (exact) mass is 455 g/mol. The van der Waals surface area contributed by atoms with Crippen LogP contribution in [0.3, 0.4) is 0 Å². The second-order valence-corrected chi connectivity index (χ2v) is 7.62. The van der Waals surface area contributed by atoms with Gasteiger partial charge in [-0.25, -0.2) is 9.78 Å². The van der Waals surface area contributed by atoms with Gasteiger partial charge in [0.25, 0.3) is 5.56 Å². The number of carbonyl (C=O) groups is 2. The summed E-state index contributed by atoms with van der Waals surface area (Å²) in [5, 5.41) is 21.7. The summed E-state index contributed by atoms with van der Waals surface area (Å²) >= 11 is 0. The van der Waals surface area contributed by atoms with Gasteiger partial charge in [-0.05, 0) is 23.3 Å². The van der Waals surface area contributed by atoms with Gasteiger partial charge in [0, 0.05) is 23.6 Å². The molecule has 34 heavy (non-hydrogen) atoms. The Kier molecular flexibility index (Phi) is 6.49. The molecule has 3 aromatic carbocycles. The highest BCUT2D eigenvalue weighted by molar-refractivity contribution is 5.92. The molecule has 4 N–H and O–H groups in total. The molecule has 1 heterocycles. The van der Waals surface area contributed by atoms with Crippen molar-refractivity contribution in [1.29, 1.82) is 0 Å². The average Bonchev–Trinajstić information content (AvgIpc) is 2.85. The van der Waals surface area contributed by atoms with Crippen LogP contribution >= 0.6 is 0 Å². The van der Waals surface area contributed by atoms with E-state index in [1.165, 1.54) is 0 Å². The largest absolute Gasteiger partial charge is 0.501 e. The smallest absolute Gasteiger partial charge is 0.358 e. The Labute approximate surface area is 194 Å². The molecule has 0 radical (unpaired) electrons. The second kappa shape index (κ2) is 9.83.